The third-order valence-corrected chi connectivity index (χ3v) is 8.35. The number of allylic oxidation sites excluding steroid dienone is 2. The van der Waals surface area contributed by atoms with Crippen molar-refractivity contribution >= 4 is 51.2 Å². The molecule has 2 aliphatic heterocycles. The molecule has 2 rings (SSSR count). The van der Waals surface area contributed by atoms with Gasteiger partial charge >= 0.3 is 5.97 Å². The van der Waals surface area contributed by atoms with Gasteiger partial charge < -0.3 is 26.0 Å². The van der Waals surface area contributed by atoms with Crippen molar-refractivity contribution in [2.75, 3.05) is 11.5 Å². The van der Waals surface area contributed by atoms with Gasteiger partial charge in [0.25, 0.3) is 5.91 Å². The van der Waals surface area contributed by atoms with Crippen LogP contribution in [0.15, 0.2) is 23.9 Å². The Morgan fingerprint density at radius 2 is 1.65 bits per heavy atom. The van der Waals surface area contributed by atoms with E-state index in [0.29, 0.717) is 12.2 Å². The molecule has 0 aliphatic carbocycles. The number of rotatable bonds is 2. The van der Waals surface area contributed by atoms with E-state index in [0.717, 1.165) is 0 Å². The van der Waals surface area contributed by atoms with E-state index in [1.807, 2.05) is 6.08 Å². The molecule has 1 saturated heterocycles. The number of fused-ring (bicyclic) bond motifs is 7. The molecule has 1 fully saturated rings. The van der Waals surface area contributed by atoms with Crippen LogP contribution in [0.1, 0.15) is 54.4 Å². The Morgan fingerprint density at radius 3 is 2.27 bits per heavy atom. The van der Waals surface area contributed by atoms with Crippen molar-refractivity contribution in [1.29, 1.82) is 0 Å². The van der Waals surface area contributed by atoms with Crippen LogP contribution in [-0.4, -0.2) is 64.8 Å². The van der Waals surface area contributed by atoms with Crippen LogP contribution >= 0.6 is 21.6 Å². The molecule has 10 nitrogen and oxygen atoms in total. The van der Waals surface area contributed by atoms with E-state index in [1.54, 1.807) is 47.6 Å². The van der Waals surface area contributed by atoms with Crippen molar-refractivity contribution in [1.82, 2.24) is 21.3 Å². The number of ether oxygens (including phenoxy) is 1. The fourth-order valence-electron chi connectivity index (χ4n) is 3.77. The summed E-state index contributed by atoms with van der Waals surface area (Å²) in [5.41, 5.74) is -1.36. The number of amides is 4. The molecule has 2 aliphatic rings. The van der Waals surface area contributed by atoms with Crippen LogP contribution in [0.4, 0.5) is 0 Å². The zero-order valence-electron chi connectivity index (χ0n) is 22.2. The molecule has 0 saturated carbocycles. The first-order valence-corrected chi connectivity index (χ1v) is 14.9. The fourth-order valence-corrected chi connectivity index (χ4v) is 5.92. The number of nitrogens with one attached hydrogen (secondary N) is 4. The maximum absolute atomic E-state index is 13.3. The summed E-state index contributed by atoms with van der Waals surface area (Å²) < 4.78 is 5.84. The number of hydrogen-bond donors (Lipinski definition) is 4. The molecule has 4 unspecified atom stereocenters. The Kier molecular flexibility index (Phi) is 11.5. The van der Waals surface area contributed by atoms with E-state index in [1.165, 1.54) is 27.7 Å². The molecule has 37 heavy (non-hydrogen) atoms. The molecule has 4 amide bonds. The van der Waals surface area contributed by atoms with Crippen molar-refractivity contribution in [3.63, 3.8) is 0 Å². The third kappa shape index (κ3) is 9.10. The fraction of sp³-hybridized carbons (Fsp3) is 0.640. The third-order valence-electron chi connectivity index (χ3n) is 5.90. The number of hydrogen-bond acceptors (Lipinski definition) is 8. The van der Waals surface area contributed by atoms with E-state index >= 15 is 0 Å². The number of carbonyl (C=O) groups excluding carboxylic acids is 5. The molecule has 4 atom stereocenters. The first kappa shape index (κ1) is 30.8. The Labute approximate surface area is 226 Å². The van der Waals surface area contributed by atoms with E-state index < -0.39 is 53.3 Å². The highest BCUT2D eigenvalue weighted by Gasteiger charge is 2.37. The molecule has 0 radical (unpaired) electrons. The highest BCUT2D eigenvalue weighted by Crippen LogP contribution is 2.26. The van der Waals surface area contributed by atoms with Crippen molar-refractivity contribution < 1.29 is 28.7 Å². The minimum absolute atomic E-state index is 0.0480. The summed E-state index contributed by atoms with van der Waals surface area (Å²) in [6.07, 6.45) is 5.37. The zero-order chi connectivity index (χ0) is 27.8. The summed E-state index contributed by atoms with van der Waals surface area (Å²) in [4.78, 5) is 65.8. The summed E-state index contributed by atoms with van der Waals surface area (Å²) in [6, 6.07) is -2.91. The average Bonchev–Trinajstić information content (AvgIpc) is 2.80. The normalized spacial score (nSPS) is 31.2. The minimum Gasteiger partial charge on any atom is -0.453 e. The van der Waals surface area contributed by atoms with Gasteiger partial charge in [-0.2, -0.15) is 0 Å². The summed E-state index contributed by atoms with van der Waals surface area (Å²) in [5, 5.41) is 10.7. The molecule has 0 spiro atoms. The molecule has 206 valence electrons. The monoisotopic (exact) mass is 554 g/mol. The van der Waals surface area contributed by atoms with Crippen LogP contribution in [0.2, 0.25) is 0 Å². The topological polar surface area (TPSA) is 143 Å². The van der Waals surface area contributed by atoms with Crippen LogP contribution in [0.25, 0.3) is 0 Å². The average molecular weight is 555 g/mol. The molecule has 0 aromatic rings. The molecular weight excluding hydrogens is 516 g/mol. The molecule has 4 N–H and O–H groups in total. The maximum atomic E-state index is 13.3. The van der Waals surface area contributed by atoms with Gasteiger partial charge in [-0.05, 0) is 38.2 Å². The van der Waals surface area contributed by atoms with Gasteiger partial charge in [-0.25, -0.2) is 4.79 Å². The van der Waals surface area contributed by atoms with Crippen LogP contribution < -0.4 is 21.3 Å². The lowest BCUT2D eigenvalue weighted by Crippen LogP contribution is -2.57. The first-order chi connectivity index (χ1) is 17.4. The van der Waals surface area contributed by atoms with E-state index in [2.05, 4.69) is 21.3 Å². The Balaban J connectivity index is 2.62. The van der Waals surface area contributed by atoms with Gasteiger partial charge in [0, 0.05) is 11.5 Å². The number of esters is 1. The lowest BCUT2D eigenvalue weighted by molar-refractivity contribution is -0.160. The summed E-state index contributed by atoms with van der Waals surface area (Å²) in [5.74, 6) is -2.62. The SMILES string of the molecule is C/C=C1\NC(=O)C2CSSCC/C=C/C(C)(CC(=O)NC(C(C)C)C(=O)N2)OC(=O)C(C(C)C)NC1=O. The zero-order valence-corrected chi connectivity index (χ0v) is 23.8. The standard InChI is InChI=1S/C25H38N4O6S2/c1-7-16-21(31)29-20(15(4)5)24(34)35-25(6)10-8-9-11-36-37-13-17(22(32)26-16)27-23(33)19(14(2)3)28-18(30)12-25/h7-8,10,14-15,17,19-20H,9,11-13H2,1-6H3,(H,26,32)(H,27,33)(H,28,30)(H,29,31)/b10-8+,16-7-. The molecule has 2 heterocycles. The first-order valence-electron chi connectivity index (χ1n) is 12.4. The van der Waals surface area contributed by atoms with E-state index in [-0.39, 0.29) is 29.7 Å². The predicted molar refractivity (Wildman–Crippen MR) is 145 cm³/mol. The van der Waals surface area contributed by atoms with Gasteiger partial charge in [0.05, 0.1) is 6.42 Å². The Hall–Kier alpha value is -2.47. The van der Waals surface area contributed by atoms with Crippen molar-refractivity contribution in [3.05, 3.63) is 23.9 Å². The van der Waals surface area contributed by atoms with Crippen LogP contribution in [-0.2, 0) is 28.7 Å². The predicted octanol–water partition coefficient (Wildman–Crippen LogP) is 1.82. The summed E-state index contributed by atoms with van der Waals surface area (Å²) >= 11 is 0. The van der Waals surface area contributed by atoms with Gasteiger partial charge in [0.15, 0.2) is 0 Å². The lowest BCUT2D eigenvalue weighted by atomic mass is 9.97. The molecule has 12 heteroatoms. The Morgan fingerprint density at radius 1 is 0.973 bits per heavy atom. The minimum atomic E-state index is -1.31. The van der Waals surface area contributed by atoms with Gasteiger partial charge in [-0.15, -0.1) is 0 Å². The van der Waals surface area contributed by atoms with E-state index in [4.69, 9.17) is 4.74 Å². The van der Waals surface area contributed by atoms with Crippen molar-refractivity contribution in [2.45, 2.75) is 78.1 Å². The smallest absolute Gasteiger partial charge is 0.329 e. The quantitative estimate of drug-likeness (QED) is 0.175. The van der Waals surface area contributed by atoms with Gasteiger partial charge in [0.1, 0.15) is 29.4 Å². The van der Waals surface area contributed by atoms with Gasteiger partial charge in [-0.3, -0.25) is 19.2 Å². The van der Waals surface area contributed by atoms with Gasteiger partial charge in [0.2, 0.25) is 17.7 Å². The summed E-state index contributed by atoms with van der Waals surface area (Å²) in [6.45, 7) is 10.3. The lowest BCUT2D eigenvalue weighted by Gasteiger charge is -2.31. The summed E-state index contributed by atoms with van der Waals surface area (Å²) in [7, 11) is 2.95. The molecule has 0 aromatic carbocycles. The van der Waals surface area contributed by atoms with Gasteiger partial charge in [-0.1, -0.05) is 61.4 Å². The van der Waals surface area contributed by atoms with Crippen molar-refractivity contribution in [3.8, 4) is 0 Å². The highest BCUT2D eigenvalue weighted by atomic mass is 33.1. The second-order valence-corrected chi connectivity index (χ2v) is 12.6. The molecular formula is C25H38N4O6S2. The molecule has 0 aromatic heterocycles. The molecule has 2 bridgehead atoms. The Bertz CT molecular complexity index is 951. The van der Waals surface area contributed by atoms with Crippen LogP contribution in [0.5, 0.6) is 0 Å². The van der Waals surface area contributed by atoms with E-state index in [9.17, 15) is 24.0 Å². The second kappa shape index (κ2) is 13.9. The van der Waals surface area contributed by atoms with Crippen LogP contribution in [0, 0.1) is 11.8 Å². The maximum Gasteiger partial charge on any atom is 0.329 e. The van der Waals surface area contributed by atoms with Crippen LogP contribution in [0.3, 0.4) is 0 Å². The van der Waals surface area contributed by atoms with Crippen molar-refractivity contribution in [2.24, 2.45) is 11.8 Å². The highest BCUT2D eigenvalue weighted by molar-refractivity contribution is 8.76. The number of carbonyl (C=O) groups is 5. The second-order valence-electron chi connectivity index (χ2n) is 9.95. The largest absolute Gasteiger partial charge is 0.453 e.